The molecule has 0 aromatic rings. The maximum absolute atomic E-state index is 12.2. The molecule has 4 atom stereocenters. The van der Waals surface area contributed by atoms with E-state index in [0.29, 0.717) is 6.42 Å². The number of hydrogen-bond acceptors (Lipinski definition) is 3. The third-order valence-electron chi connectivity index (χ3n) is 5.41. The fraction of sp³-hybridized carbons (Fsp3) is 0.786. The molecule has 2 N–H and O–H groups in total. The second-order valence-electron chi connectivity index (χ2n) is 6.49. The van der Waals surface area contributed by atoms with Crippen molar-refractivity contribution in [2.24, 2.45) is 17.3 Å². The normalized spacial score (nSPS) is 51.4. The summed E-state index contributed by atoms with van der Waals surface area (Å²) in [5, 5.41) is 21.5. The average Bonchev–Trinajstić information content (AvgIpc) is 2.91. The highest BCUT2D eigenvalue weighted by Crippen LogP contribution is 2.67. The molecule has 0 bridgehead atoms. The molecule has 3 nitrogen and oxygen atoms in total. The van der Waals surface area contributed by atoms with Gasteiger partial charge >= 0.3 is 0 Å². The average molecular weight is 236 g/mol. The largest absolute Gasteiger partial charge is 0.388 e. The highest BCUT2D eigenvalue weighted by atomic mass is 16.3. The van der Waals surface area contributed by atoms with Crippen molar-refractivity contribution >= 4 is 5.78 Å². The zero-order chi connectivity index (χ0) is 12.6. The highest BCUT2D eigenvalue weighted by molar-refractivity contribution is 5.89. The first-order valence-corrected chi connectivity index (χ1v) is 6.43. The minimum absolute atomic E-state index is 0.0209. The van der Waals surface area contributed by atoms with Crippen LogP contribution >= 0.6 is 0 Å². The van der Waals surface area contributed by atoms with Crippen LogP contribution in [0.5, 0.6) is 0 Å². The first-order chi connectivity index (χ1) is 7.75. The lowest BCUT2D eigenvalue weighted by Gasteiger charge is -2.47. The molecule has 3 heteroatoms. The molecule has 0 aliphatic heterocycles. The summed E-state index contributed by atoms with van der Waals surface area (Å²) in [5.74, 6) is -0.779. The van der Waals surface area contributed by atoms with Crippen LogP contribution in [0.25, 0.3) is 0 Å². The molecule has 0 radical (unpaired) electrons. The Bertz CT molecular complexity index is 431. The number of aliphatic hydroxyl groups is 2. The quantitative estimate of drug-likeness (QED) is 0.626. The molecule has 0 heterocycles. The molecule has 0 aromatic carbocycles. The summed E-state index contributed by atoms with van der Waals surface area (Å²) in [6.07, 6.45) is 4.15. The molecule has 2 saturated carbocycles. The van der Waals surface area contributed by atoms with E-state index in [2.05, 4.69) is 0 Å². The Kier molecular flexibility index (Phi) is 1.90. The highest BCUT2D eigenvalue weighted by Gasteiger charge is 2.70. The maximum Gasteiger partial charge on any atom is 0.145 e. The number of ketones is 1. The lowest BCUT2D eigenvalue weighted by atomic mass is 9.62. The van der Waals surface area contributed by atoms with Crippen LogP contribution in [-0.4, -0.2) is 27.2 Å². The van der Waals surface area contributed by atoms with Crippen molar-refractivity contribution in [1.82, 2.24) is 0 Å². The minimum atomic E-state index is -1.13. The Morgan fingerprint density at radius 2 is 1.94 bits per heavy atom. The van der Waals surface area contributed by atoms with Crippen LogP contribution in [-0.2, 0) is 4.79 Å². The summed E-state index contributed by atoms with van der Waals surface area (Å²) in [6, 6.07) is 0. The van der Waals surface area contributed by atoms with Gasteiger partial charge < -0.3 is 10.2 Å². The third-order valence-corrected chi connectivity index (χ3v) is 5.41. The summed E-state index contributed by atoms with van der Waals surface area (Å²) in [4.78, 5) is 12.2. The number of carbonyl (C=O) groups is 1. The van der Waals surface area contributed by atoms with Gasteiger partial charge in [-0.25, -0.2) is 0 Å². The van der Waals surface area contributed by atoms with Gasteiger partial charge in [-0.15, -0.1) is 0 Å². The Morgan fingerprint density at radius 3 is 2.47 bits per heavy atom. The molecule has 17 heavy (non-hydrogen) atoms. The van der Waals surface area contributed by atoms with E-state index in [0.717, 1.165) is 18.4 Å². The van der Waals surface area contributed by atoms with Gasteiger partial charge in [0, 0.05) is 11.3 Å². The van der Waals surface area contributed by atoms with Crippen molar-refractivity contribution in [1.29, 1.82) is 0 Å². The van der Waals surface area contributed by atoms with Crippen molar-refractivity contribution in [2.75, 3.05) is 0 Å². The first kappa shape index (κ1) is 11.4. The van der Waals surface area contributed by atoms with Crippen LogP contribution in [0.3, 0.4) is 0 Å². The molecule has 2 fully saturated rings. The zero-order valence-corrected chi connectivity index (χ0v) is 10.7. The van der Waals surface area contributed by atoms with Gasteiger partial charge in [0.15, 0.2) is 0 Å². The maximum atomic E-state index is 12.2. The predicted octanol–water partition coefficient (Wildman–Crippen LogP) is 1.43. The van der Waals surface area contributed by atoms with Crippen molar-refractivity contribution in [3.05, 3.63) is 11.6 Å². The van der Waals surface area contributed by atoms with E-state index in [-0.39, 0.29) is 17.1 Å². The van der Waals surface area contributed by atoms with Crippen molar-refractivity contribution in [3.63, 3.8) is 0 Å². The van der Waals surface area contributed by atoms with E-state index >= 15 is 0 Å². The Labute approximate surface area is 102 Å². The van der Waals surface area contributed by atoms with E-state index in [1.54, 1.807) is 6.92 Å². The van der Waals surface area contributed by atoms with Crippen LogP contribution in [0.1, 0.15) is 40.0 Å². The molecule has 0 saturated heterocycles. The molecule has 94 valence electrons. The smallest absolute Gasteiger partial charge is 0.145 e. The second-order valence-corrected chi connectivity index (χ2v) is 6.49. The summed E-state index contributed by atoms with van der Waals surface area (Å²) in [5.41, 5.74) is -1.41. The van der Waals surface area contributed by atoms with Crippen LogP contribution in [0.15, 0.2) is 11.6 Å². The van der Waals surface area contributed by atoms with E-state index < -0.39 is 17.1 Å². The van der Waals surface area contributed by atoms with Crippen molar-refractivity contribution in [2.45, 2.75) is 51.2 Å². The van der Waals surface area contributed by atoms with E-state index in [9.17, 15) is 15.0 Å². The predicted molar refractivity (Wildman–Crippen MR) is 63.3 cm³/mol. The zero-order valence-electron chi connectivity index (χ0n) is 10.7. The van der Waals surface area contributed by atoms with Gasteiger partial charge in [0.1, 0.15) is 5.78 Å². The van der Waals surface area contributed by atoms with Crippen LogP contribution < -0.4 is 0 Å². The van der Waals surface area contributed by atoms with Crippen LogP contribution in [0.2, 0.25) is 0 Å². The van der Waals surface area contributed by atoms with Gasteiger partial charge in [0.2, 0.25) is 0 Å². The standard InChI is InChI=1S/C14H20O3/c1-8-6-14(17)7-9(2)13(4-5-13)12(3,16)11(14)10(8)15/h7-8,11,16-17H,4-6H2,1-3H3/t8-,11-,12+,14-/m0/s1. The SMILES string of the molecule is CC1=C[C@@]2(O)C[C@H](C)C(=O)[C@H]2[C@@](C)(O)C12CC2. The second kappa shape index (κ2) is 2.83. The number of Topliss-reactive ketones (excluding diaryl/α,β-unsaturated/α-hetero) is 1. The molecular formula is C14H20O3. The monoisotopic (exact) mass is 236 g/mol. The van der Waals surface area contributed by atoms with Crippen molar-refractivity contribution in [3.8, 4) is 0 Å². The summed E-state index contributed by atoms with van der Waals surface area (Å²) < 4.78 is 0. The van der Waals surface area contributed by atoms with Crippen LogP contribution in [0, 0.1) is 17.3 Å². The lowest BCUT2D eigenvalue weighted by Crippen LogP contribution is -2.57. The molecule has 0 unspecified atom stereocenters. The molecule has 3 aliphatic carbocycles. The van der Waals surface area contributed by atoms with Gasteiger partial charge in [-0.05, 0) is 33.1 Å². The molecule has 3 rings (SSSR count). The summed E-state index contributed by atoms with van der Waals surface area (Å²) >= 11 is 0. The number of rotatable bonds is 0. The topological polar surface area (TPSA) is 57.5 Å². The third kappa shape index (κ3) is 1.12. The molecule has 0 aromatic heterocycles. The number of carbonyl (C=O) groups excluding carboxylic acids is 1. The Balaban J connectivity index is 2.18. The van der Waals surface area contributed by atoms with Gasteiger partial charge in [-0.2, -0.15) is 0 Å². The molecule has 1 spiro atoms. The van der Waals surface area contributed by atoms with Gasteiger partial charge in [-0.3, -0.25) is 4.79 Å². The Hall–Kier alpha value is -0.670. The van der Waals surface area contributed by atoms with Gasteiger partial charge in [0.05, 0.1) is 17.1 Å². The van der Waals surface area contributed by atoms with Crippen molar-refractivity contribution < 1.29 is 15.0 Å². The molecule has 0 amide bonds. The first-order valence-electron chi connectivity index (χ1n) is 6.43. The fourth-order valence-electron chi connectivity index (χ4n) is 4.36. The van der Waals surface area contributed by atoms with E-state index in [1.807, 2.05) is 19.9 Å². The van der Waals surface area contributed by atoms with Gasteiger partial charge in [-0.1, -0.05) is 18.6 Å². The number of hydrogen-bond donors (Lipinski definition) is 2. The minimum Gasteiger partial charge on any atom is -0.388 e. The molecule has 3 aliphatic rings. The number of fused-ring (bicyclic) bond motifs is 1. The summed E-state index contributed by atoms with van der Waals surface area (Å²) in [6.45, 7) is 5.56. The molecular weight excluding hydrogens is 216 g/mol. The van der Waals surface area contributed by atoms with E-state index in [4.69, 9.17) is 0 Å². The lowest BCUT2D eigenvalue weighted by molar-refractivity contribution is -0.151. The fourth-order valence-corrected chi connectivity index (χ4v) is 4.36. The van der Waals surface area contributed by atoms with E-state index in [1.165, 1.54) is 0 Å². The Morgan fingerprint density at radius 1 is 1.35 bits per heavy atom. The van der Waals surface area contributed by atoms with Crippen LogP contribution in [0.4, 0.5) is 0 Å². The summed E-state index contributed by atoms with van der Waals surface area (Å²) in [7, 11) is 0. The van der Waals surface area contributed by atoms with Gasteiger partial charge in [0.25, 0.3) is 0 Å².